The maximum atomic E-state index is 12.5. The number of hydrogen-bond donors (Lipinski definition) is 0. The molecule has 1 saturated heterocycles. The molecule has 1 heterocycles. The van der Waals surface area contributed by atoms with Crippen LogP contribution in [-0.2, 0) is 23.8 Å². The van der Waals surface area contributed by atoms with Crippen LogP contribution < -0.4 is 0 Å². The summed E-state index contributed by atoms with van der Waals surface area (Å²) < 4.78 is 15.7. The number of ether oxygens (including phenoxy) is 3. The van der Waals surface area contributed by atoms with Gasteiger partial charge in [0, 0.05) is 0 Å². The maximum Gasteiger partial charge on any atom is 0.413 e. The molecule has 0 bridgehead atoms. The molecule has 2 atom stereocenters. The largest absolute Gasteiger partial charge is 0.458 e. The summed E-state index contributed by atoms with van der Waals surface area (Å²) in [7, 11) is 0. The van der Waals surface area contributed by atoms with Crippen LogP contribution in [0.25, 0.3) is 0 Å². The van der Waals surface area contributed by atoms with Crippen molar-refractivity contribution < 1.29 is 28.6 Å². The van der Waals surface area contributed by atoms with E-state index in [1.807, 2.05) is 0 Å². The molecule has 0 unspecified atom stereocenters. The fourth-order valence-electron chi connectivity index (χ4n) is 2.20. The SMILES string of the molecule is CC[C@@H]1C(=O)OCN(C(=O)OC(C)(C)C)[C@@H]1C(=O)OC(C)(C)C. The number of carbonyl (C=O) groups excluding carboxylic acids is 3. The van der Waals surface area contributed by atoms with Gasteiger partial charge in [0.1, 0.15) is 17.2 Å². The smallest absolute Gasteiger partial charge is 0.413 e. The Hall–Kier alpha value is -1.79. The Labute approximate surface area is 137 Å². The number of amides is 1. The second-order valence-electron chi connectivity index (χ2n) is 7.54. The molecule has 7 nitrogen and oxygen atoms in total. The van der Waals surface area contributed by atoms with E-state index in [4.69, 9.17) is 14.2 Å². The third-order valence-electron chi connectivity index (χ3n) is 3.08. The minimum atomic E-state index is -1.05. The Kier molecular flexibility index (Phi) is 5.66. The molecule has 0 saturated carbocycles. The lowest BCUT2D eigenvalue weighted by Gasteiger charge is -2.39. The second kappa shape index (κ2) is 6.76. The summed E-state index contributed by atoms with van der Waals surface area (Å²) in [5, 5.41) is 0. The molecule has 0 radical (unpaired) electrons. The number of rotatable bonds is 2. The highest BCUT2D eigenvalue weighted by Crippen LogP contribution is 2.26. The van der Waals surface area contributed by atoms with Crippen molar-refractivity contribution >= 4 is 18.0 Å². The second-order valence-corrected chi connectivity index (χ2v) is 7.54. The molecular formula is C16H27NO6. The molecule has 0 aliphatic carbocycles. The van der Waals surface area contributed by atoms with E-state index in [1.54, 1.807) is 48.5 Å². The van der Waals surface area contributed by atoms with E-state index in [1.165, 1.54) is 0 Å². The van der Waals surface area contributed by atoms with Crippen LogP contribution in [0.1, 0.15) is 54.9 Å². The van der Waals surface area contributed by atoms with Gasteiger partial charge in [0.25, 0.3) is 0 Å². The van der Waals surface area contributed by atoms with E-state index in [-0.39, 0.29) is 6.73 Å². The summed E-state index contributed by atoms with van der Waals surface area (Å²) in [5.74, 6) is -1.92. The first-order chi connectivity index (χ1) is 10.4. The predicted octanol–water partition coefficient (Wildman–Crippen LogP) is 2.47. The molecule has 0 N–H and O–H groups in total. The Morgan fingerprint density at radius 1 is 1.13 bits per heavy atom. The van der Waals surface area contributed by atoms with E-state index in [0.29, 0.717) is 6.42 Å². The first kappa shape index (κ1) is 19.3. The Bertz CT molecular complexity index is 474. The van der Waals surface area contributed by atoms with E-state index in [9.17, 15) is 14.4 Å². The van der Waals surface area contributed by atoms with Crippen molar-refractivity contribution in [2.24, 2.45) is 5.92 Å². The molecule has 1 aliphatic rings. The number of esters is 2. The number of hydrogen-bond acceptors (Lipinski definition) is 6. The molecule has 0 aromatic carbocycles. The highest BCUT2D eigenvalue weighted by molar-refractivity contribution is 5.89. The average Bonchev–Trinajstić information content (AvgIpc) is 2.33. The topological polar surface area (TPSA) is 82.1 Å². The zero-order valence-corrected chi connectivity index (χ0v) is 15.0. The van der Waals surface area contributed by atoms with Gasteiger partial charge < -0.3 is 14.2 Å². The zero-order valence-electron chi connectivity index (χ0n) is 15.0. The van der Waals surface area contributed by atoms with Crippen molar-refractivity contribution in [2.75, 3.05) is 6.73 Å². The predicted molar refractivity (Wildman–Crippen MR) is 82.4 cm³/mol. The number of cyclic esters (lactones) is 1. The molecule has 7 heteroatoms. The highest BCUT2D eigenvalue weighted by atomic mass is 16.6. The summed E-state index contributed by atoms with van der Waals surface area (Å²) in [5.41, 5.74) is -1.45. The van der Waals surface area contributed by atoms with Gasteiger partial charge in [-0.25, -0.2) is 9.59 Å². The van der Waals surface area contributed by atoms with Gasteiger partial charge in [-0.1, -0.05) is 6.92 Å². The Morgan fingerprint density at radius 2 is 1.65 bits per heavy atom. The quantitative estimate of drug-likeness (QED) is 0.572. The summed E-state index contributed by atoms with van der Waals surface area (Å²) in [4.78, 5) is 38.0. The number of nitrogens with zero attached hydrogens (tertiary/aromatic N) is 1. The van der Waals surface area contributed by atoms with Gasteiger partial charge in [0.2, 0.25) is 0 Å². The first-order valence-electron chi connectivity index (χ1n) is 7.75. The molecule has 1 fully saturated rings. The molecule has 0 spiro atoms. The average molecular weight is 329 g/mol. The molecule has 1 aliphatic heterocycles. The normalized spacial score (nSPS) is 22.4. The molecule has 0 aromatic rings. The summed E-state index contributed by atoms with van der Waals surface area (Å²) >= 11 is 0. The number of carbonyl (C=O) groups is 3. The zero-order chi connectivity index (χ0) is 18.0. The fourth-order valence-corrected chi connectivity index (χ4v) is 2.20. The van der Waals surface area contributed by atoms with Gasteiger partial charge in [0.05, 0.1) is 5.92 Å². The van der Waals surface area contributed by atoms with Crippen LogP contribution in [0.5, 0.6) is 0 Å². The van der Waals surface area contributed by atoms with E-state index in [2.05, 4.69) is 0 Å². The molecule has 1 amide bonds. The minimum Gasteiger partial charge on any atom is -0.458 e. The van der Waals surface area contributed by atoms with Gasteiger partial charge in [-0.05, 0) is 48.0 Å². The highest BCUT2D eigenvalue weighted by Gasteiger charge is 2.47. The third kappa shape index (κ3) is 5.41. The summed E-state index contributed by atoms with van der Waals surface area (Å²) in [6.45, 7) is 11.8. The third-order valence-corrected chi connectivity index (χ3v) is 3.08. The van der Waals surface area contributed by atoms with Crippen LogP contribution in [0.15, 0.2) is 0 Å². The standard InChI is InChI=1S/C16H27NO6/c1-8-10-11(13(19)22-15(2,3)4)17(9-21-12(10)18)14(20)23-16(5,6)7/h10-11H,8-9H2,1-7H3/t10-,11-/m0/s1. The lowest BCUT2D eigenvalue weighted by Crippen LogP contribution is -2.58. The van der Waals surface area contributed by atoms with Gasteiger partial charge in [-0.2, -0.15) is 0 Å². The van der Waals surface area contributed by atoms with Crippen LogP contribution in [0.4, 0.5) is 4.79 Å². The van der Waals surface area contributed by atoms with Gasteiger partial charge in [-0.3, -0.25) is 9.69 Å². The van der Waals surface area contributed by atoms with Crippen molar-refractivity contribution in [3.63, 3.8) is 0 Å². The van der Waals surface area contributed by atoms with Crippen LogP contribution >= 0.6 is 0 Å². The van der Waals surface area contributed by atoms with Gasteiger partial charge >= 0.3 is 18.0 Å². The van der Waals surface area contributed by atoms with Crippen molar-refractivity contribution in [1.82, 2.24) is 4.90 Å². The summed E-state index contributed by atoms with van der Waals surface area (Å²) in [6, 6.07) is -1.05. The van der Waals surface area contributed by atoms with E-state index < -0.39 is 41.2 Å². The Morgan fingerprint density at radius 3 is 2.09 bits per heavy atom. The maximum absolute atomic E-state index is 12.5. The van der Waals surface area contributed by atoms with Gasteiger partial charge in [-0.15, -0.1) is 0 Å². The van der Waals surface area contributed by atoms with Crippen molar-refractivity contribution in [2.45, 2.75) is 72.1 Å². The van der Waals surface area contributed by atoms with Crippen molar-refractivity contribution in [3.8, 4) is 0 Å². The monoisotopic (exact) mass is 329 g/mol. The van der Waals surface area contributed by atoms with Crippen LogP contribution in [0.2, 0.25) is 0 Å². The van der Waals surface area contributed by atoms with E-state index >= 15 is 0 Å². The molecular weight excluding hydrogens is 302 g/mol. The molecule has 132 valence electrons. The minimum absolute atomic E-state index is 0.325. The van der Waals surface area contributed by atoms with Crippen LogP contribution in [0, 0.1) is 5.92 Å². The van der Waals surface area contributed by atoms with Gasteiger partial charge in [0.15, 0.2) is 6.73 Å². The van der Waals surface area contributed by atoms with Crippen LogP contribution in [-0.4, -0.2) is 46.9 Å². The van der Waals surface area contributed by atoms with Crippen molar-refractivity contribution in [3.05, 3.63) is 0 Å². The Balaban J connectivity index is 3.08. The molecule has 0 aromatic heterocycles. The van der Waals surface area contributed by atoms with E-state index in [0.717, 1.165) is 4.90 Å². The molecule has 23 heavy (non-hydrogen) atoms. The fraction of sp³-hybridized carbons (Fsp3) is 0.812. The first-order valence-corrected chi connectivity index (χ1v) is 7.75. The lowest BCUT2D eigenvalue weighted by atomic mass is 9.94. The molecule has 1 rings (SSSR count). The summed E-state index contributed by atoms with van der Waals surface area (Å²) in [6.07, 6.45) is -0.360. The van der Waals surface area contributed by atoms with Crippen LogP contribution in [0.3, 0.4) is 0 Å². The lowest BCUT2D eigenvalue weighted by molar-refractivity contribution is -0.184. The van der Waals surface area contributed by atoms with Crippen molar-refractivity contribution in [1.29, 1.82) is 0 Å².